The molecule has 29 heavy (non-hydrogen) atoms. The fourth-order valence-electron chi connectivity index (χ4n) is 4.19. The summed E-state index contributed by atoms with van der Waals surface area (Å²) in [6.07, 6.45) is 4.95. The van der Waals surface area contributed by atoms with Crippen LogP contribution in [0.25, 0.3) is 10.9 Å². The first kappa shape index (κ1) is 20.9. The van der Waals surface area contributed by atoms with E-state index in [1.807, 2.05) is 18.2 Å². The molecule has 0 atom stereocenters. The van der Waals surface area contributed by atoms with Crippen molar-refractivity contribution in [1.82, 2.24) is 9.47 Å². The topological polar surface area (TPSA) is 17.4 Å². The van der Waals surface area contributed by atoms with E-state index in [9.17, 15) is 0 Å². The van der Waals surface area contributed by atoms with Gasteiger partial charge >= 0.3 is 0 Å². The highest BCUT2D eigenvalue weighted by molar-refractivity contribution is 6.35. The molecule has 0 amide bonds. The van der Waals surface area contributed by atoms with Crippen molar-refractivity contribution in [3.8, 4) is 5.75 Å². The van der Waals surface area contributed by atoms with Crippen LogP contribution in [0.2, 0.25) is 15.1 Å². The summed E-state index contributed by atoms with van der Waals surface area (Å²) in [4.78, 5) is 2.57. The summed E-state index contributed by atoms with van der Waals surface area (Å²) < 4.78 is 8.28. The van der Waals surface area contributed by atoms with Crippen LogP contribution in [0.1, 0.15) is 30.5 Å². The predicted octanol–water partition coefficient (Wildman–Crippen LogP) is 6.75. The maximum absolute atomic E-state index is 6.30. The van der Waals surface area contributed by atoms with E-state index in [2.05, 4.69) is 22.6 Å². The molecule has 4 rings (SSSR count). The van der Waals surface area contributed by atoms with Gasteiger partial charge in [0.2, 0.25) is 0 Å². The Hall–Kier alpha value is -1.39. The lowest BCUT2D eigenvalue weighted by Gasteiger charge is -2.26. The van der Waals surface area contributed by atoms with E-state index in [-0.39, 0.29) is 0 Å². The first-order valence-electron chi connectivity index (χ1n) is 10.1. The summed E-state index contributed by atoms with van der Waals surface area (Å²) in [5.41, 5.74) is 3.62. The SMILES string of the molecule is Cn1c(COc2ccc(Cl)cc2Cl)c(CCN2CCCCC2)c2ccc(Cl)cc21. The predicted molar refractivity (Wildman–Crippen MR) is 123 cm³/mol. The van der Waals surface area contributed by atoms with Crippen LogP contribution in [-0.2, 0) is 20.1 Å². The number of piperidine rings is 1. The molecule has 6 heteroatoms. The second-order valence-corrected chi connectivity index (χ2v) is 8.94. The average molecular weight is 452 g/mol. The summed E-state index contributed by atoms with van der Waals surface area (Å²) in [5.74, 6) is 0.640. The number of rotatable bonds is 6. The lowest BCUT2D eigenvalue weighted by molar-refractivity contribution is 0.231. The molecule has 0 saturated carbocycles. The molecule has 1 aliphatic heterocycles. The van der Waals surface area contributed by atoms with Crippen molar-refractivity contribution in [3.05, 3.63) is 62.7 Å². The van der Waals surface area contributed by atoms with Crippen molar-refractivity contribution in [1.29, 1.82) is 0 Å². The Labute approximate surface area is 187 Å². The number of nitrogens with zero attached hydrogens (tertiary/aromatic N) is 2. The van der Waals surface area contributed by atoms with Gasteiger partial charge in [-0.15, -0.1) is 0 Å². The molecular weight excluding hydrogens is 427 g/mol. The summed E-state index contributed by atoms with van der Waals surface area (Å²) >= 11 is 18.6. The minimum atomic E-state index is 0.444. The lowest BCUT2D eigenvalue weighted by atomic mass is 10.1. The zero-order chi connectivity index (χ0) is 20.4. The number of aromatic nitrogens is 1. The van der Waals surface area contributed by atoms with Crippen LogP contribution in [0.15, 0.2) is 36.4 Å². The highest BCUT2D eigenvalue weighted by atomic mass is 35.5. The largest absolute Gasteiger partial charge is 0.486 e. The summed E-state index contributed by atoms with van der Waals surface area (Å²) in [6.45, 7) is 3.90. The molecule has 1 aromatic heterocycles. The number of hydrogen-bond acceptors (Lipinski definition) is 2. The molecule has 2 aromatic carbocycles. The normalized spacial score (nSPS) is 15.2. The number of ether oxygens (including phenoxy) is 1. The fourth-order valence-corrected chi connectivity index (χ4v) is 4.82. The Morgan fingerprint density at radius 1 is 0.931 bits per heavy atom. The molecule has 1 fully saturated rings. The number of fused-ring (bicyclic) bond motifs is 1. The Bertz CT molecular complexity index is 1010. The standard InChI is InChI=1S/C23H25Cl3N2O/c1-27-21-14-17(25)5-7-18(21)19(9-12-28-10-3-2-4-11-28)22(27)15-29-23-8-6-16(24)13-20(23)26/h5-8,13-14H,2-4,9-12,15H2,1H3. The van der Waals surface area contributed by atoms with Gasteiger partial charge in [0.1, 0.15) is 12.4 Å². The van der Waals surface area contributed by atoms with E-state index in [1.165, 1.54) is 43.3 Å². The number of halogens is 3. The molecule has 154 valence electrons. The number of likely N-dealkylation sites (tertiary alicyclic amines) is 1. The van der Waals surface area contributed by atoms with Gasteiger partial charge in [0.05, 0.1) is 10.7 Å². The third kappa shape index (κ3) is 4.69. The first-order chi connectivity index (χ1) is 14.0. The summed E-state index contributed by atoms with van der Waals surface area (Å²) in [7, 11) is 2.07. The van der Waals surface area contributed by atoms with Crippen LogP contribution >= 0.6 is 34.8 Å². The maximum Gasteiger partial charge on any atom is 0.138 e. The second kappa shape index (κ2) is 9.18. The molecule has 1 aliphatic rings. The van der Waals surface area contributed by atoms with Crippen molar-refractivity contribution in [2.24, 2.45) is 7.05 Å². The van der Waals surface area contributed by atoms with Gasteiger partial charge in [-0.3, -0.25) is 0 Å². The monoisotopic (exact) mass is 450 g/mol. The molecule has 3 nitrogen and oxygen atoms in total. The Kier molecular flexibility index (Phi) is 6.60. The zero-order valence-corrected chi connectivity index (χ0v) is 18.8. The van der Waals surface area contributed by atoms with Gasteiger partial charge in [-0.25, -0.2) is 0 Å². The molecule has 1 saturated heterocycles. The maximum atomic E-state index is 6.30. The smallest absolute Gasteiger partial charge is 0.138 e. The van der Waals surface area contributed by atoms with E-state index in [1.54, 1.807) is 12.1 Å². The van der Waals surface area contributed by atoms with Crippen molar-refractivity contribution in [2.45, 2.75) is 32.3 Å². The molecule has 0 aliphatic carbocycles. The van der Waals surface area contributed by atoms with Crippen molar-refractivity contribution < 1.29 is 4.74 Å². The number of aryl methyl sites for hydroxylation is 1. The van der Waals surface area contributed by atoms with Gasteiger partial charge in [-0.2, -0.15) is 0 Å². The van der Waals surface area contributed by atoms with E-state index in [0.717, 1.165) is 29.2 Å². The van der Waals surface area contributed by atoms with E-state index < -0.39 is 0 Å². The highest BCUT2D eigenvalue weighted by Crippen LogP contribution is 2.32. The van der Waals surface area contributed by atoms with Crippen LogP contribution in [0, 0.1) is 0 Å². The van der Waals surface area contributed by atoms with E-state index in [0.29, 0.717) is 22.4 Å². The Morgan fingerprint density at radius 2 is 1.66 bits per heavy atom. The summed E-state index contributed by atoms with van der Waals surface area (Å²) in [5, 5.41) is 3.11. The average Bonchev–Trinajstić information content (AvgIpc) is 2.97. The molecule has 3 aromatic rings. The quantitative estimate of drug-likeness (QED) is 0.412. The minimum Gasteiger partial charge on any atom is -0.486 e. The molecule has 2 heterocycles. The zero-order valence-electron chi connectivity index (χ0n) is 16.6. The van der Waals surface area contributed by atoms with Crippen LogP contribution in [0.4, 0.5) is 0 Å². The lowest BCUT2D eigenvalue weighted by Crippen LogP contribution is -2.31. The molecule has 0 unspecified atom stereocenters. The highest BCUT2D eigenvalue weighted by Gasteiger charge is 2.18. The molecule has 0 N–H and O–H groups in total. The van der Waals surface area contributed by atoms with Crippen molar-refractivity contribution in [2.75, 3.05) is 19.6 Å². The van der Waals surface area contributed by atoms with Gasteiger partial charge in [0.15, 0.2) is 0 Å². The Morgan fingerprint density at radius 3 is 2.41 bits per heavy atom. The van der Waals surface area contributed by atoms with Crippen LogP contribution in [-0.4, -0.2) is 29.1 Å². The van der Waals surface area contributed by atoms with Gasteiger partial charge in [0, 0.05) is 34.5 Å². The van der Waals surface area contributed by atoms with Crippen molar-refractivity contribution >= 4 is 45.7 Å². The third-order valence-electron chi connectivity index (χ3n) is 5.78. The first-order valence-corrected chi connectivity index (χ1v) is 11.2. The summed E-state index contributed by atoms with van der Waals surface area (Å²) in [6, 6.07) is 11.4. The van der Waals surface area contributed by atoms with Gasteiger partial charge in [-0.05, 0) is 68.2 Å². The van der Waals surface area contributed by atoms with Crippen molar-refractivity contribution in [3.63, 3.8) is 0 Å². The van der Waals surface area contributed by atoms with Crippen LogP contribution < -0.4 is 4.74 Å². The van der Waals surface area contributed by atoms with Crippen LogP contribution in [0.5, 0.6) is 5.75 Å². The van der Waals surface area contributed by atoms with Crippen LogP contribution in [0.3, 0.4) is 0 Å². The molecule has 0 spiro atoms. The third-order valence-corrected chi connectivity index (χ3v) is 6.55. The minimum absolute atomic E-state index is 0.444. The molecule has 0 radical (unpaired) electrons. The number of hydrogen-bond donors (Lipinski definition) is 0. The second-order valence-electron chi connectivity index (χ2n) is 7.66. The molecule has 0 bridgehead atoms. The van der Waals surface area contributed by atoms with Gasteiger partial charge < -0.3 is 14.2 Å². The van der Waals surface area contributed by atoms with E-state index in [4.69, 9.17) is 39.5 Å². The van der Waals surface area contributed by atoms with Gasteiger partial charge in [-0.1, -0.05) is 47.3 Å². The molecular formula is C23H25Cl3N2O. The van der Waals surface area contributed by atoms with Gasteiger partial charge in [0.25, 0.3) is 0 Å². The van der Waals surface area contributed by atoms with E-state index >= 15 is 0 Å². The number of benzene rings is 2. The fraction of sp³-hybridized carbons (Fsp3) is 0.391. The Balaban J connectivity index is 1.62.